The van der Waals surface area contributed by atoms with Crippen LogP contribution in [0.4, 0.5) is 0 Å². The standard InChI is InChI=1S/C9H5I5O5S/c10-4-3(5(11)7(13)8(14)6(4)12)9(15)19-1-2-20(16,17)18/h1-2H2,(H,16,17,18)/p-1. The van der Waals surface area contributed by atoms with Gasteiger partial charge in [-0.3, -0.25) is 0 Å². The summed E-state index contributed by atoms with van der Waals surface area (Å²) in [5, 5.41) is 0. The number of hydrogen-bond acceptors (Lipinski definition) is 5. The molecule has 0 saturated carbocycles. The third kappa shape index (κ3) is 5.41. The first-order valence-electron chi connectivity index (χ1n) is 4.68. The van der Waals surface area contributed by atoms with Crippen molar-refractivity contribution in [2.75, 3.05) is 12.4 Å². The van der Waals surface area contributed by atoms with Gasteiger partial charge in [-0.05, 0) is 113 Å². The van der Waals surface area contributed by atoms with E-state index >= 15 is 0 Å². The molecule has 0 aromatic heterocycles. The molecule has 11 heteroatoms. The van der Waals surface area contributed by atoms with Crippen LogP contribution >= 0.6 is 113 Å². The molecule has 0 aliphatic rings. The summed E-state index contributed by atoms with van der Waals surface area (Å²) in [6.07, 6.45) is 0. The van der Waals surface area contributed by atoms with E-state index in [4.69, 9.17) is 4.74 Å². The van der Waals surface area contributed by atoms with E-state index in [1.165, 1.54) is 0 Å². The maximum absolute atomic E-state index is 12.1. The van der Waals surface area contributed by atoms with Gasteiger partial charge in [0.25, 0.3) is 0 Å². The smallest absolute Gasteiger partial charge is 0.340 e. The zero-order chi connectivity index (χ0) is 15.7. The summed E-state index contributed by atoms with van der Waals surface area (Å²) in [7, 11) is -4.38. The lowest BCUT2D eigenvalue weighted by Gasteiger charge is -2.13. The Kier molecular flexibility index (Phi) is 8.50. The number of ether oxygens (including phenoxy) is 1. The average Bonchev–Trinajstić information content (AvgIpc) is 2.32. The third-order valence-corrected chi connectivity index (χ3v) is 12.2. The molecule has 1 rings (SSSR count). The monoisotopic (exact) mass is 859 g/mol. The maximum Gasteiger partial charge on any atom is 0.340 e. The highest BCUT2D eigenvalue weighted by Crippen LogP contribution is 2.33. The lowest BCUT2D eigenvalue weighted by atomic mass is 10.2. The summed E-state index contributed by atoms with van der Waals surface area (Å²) >= 11 is 10.6. The molecule has 0 amide bonds. The van der Waals surface area contributed by atoms with Crippen molar-refractivity contribution in [3.8, 4) is 0 Å². The molecule has 0 bridgehead atoms. The van der Waals surface area contributed by atoms with Crippen LogP contribution < -0.4 is 0 Å². The second kappa shape index (κ2) is 8.38. The summed E-state index contributed by atoms with van der Waals surface area (Å²) in [5.74, 6) is -1.33. The fourth-order valence-corrected chi connectivity index (χ4v) is 6.58. The SMILES string of the molecule is O=C(OCCS(=O)(=O)[O-])c1c(I)c(I)c(I)c(I)c1I. The molecule has 0 N–H and O–H groups in total. The molecular formula is C9H4I5O5S-. The van der Waals surface area contributed by atoms with Gasteiger partial charge in [-0.1, -0.05) is 0 Å². The summed E-state index contributed by atoms with van der Waals surface area (Å²) in [4.78, 5) is 12.1. The average molecular weight is 859 g/mol. The molecular weight excluding hydrogens is 855 g/mol. The van der Waals surface area contributed by atoms with E-state index in [1.807, 2.05) is 0 Å². The predicted octanol–water partition coefficient (Wildman–Crippen LogP) is 3.41. The van der Waals surface area contributed by atoms with Gasteiger partial charge >= 0.3 is 5.97 Å². The van der Waals surface area contributed by atoms with Gasteiger partial charge in [0.15, 0.2) is 0 Å². The zero-order valence-corrected chi connectivity index (χ0v) is 20.9. The van der Waals surface area contributed by atoms with Crippen molar-refractivity contribution >= 4 is 129 Å². The Bertz CT molecular complexity index is 628. The van der Waals surface area contributed by atoms with Crippen molar-refractivity contribution in [1.29, 1.82) is 0 Å². The number of carbonyl (C=O) groups is 1. The minimum Gasteiger partial charge on any atom is -0.748 e. The molecule has 0 saturated heterocycles. The van der Waals surface area contributed by atoms with Gasteiger partial charge in [-0.2, -0.15) is 0 Å². The van der Waals surface area contributed by atoms with E-state index in [1.54, 1.807) is 0 Å². The van der Waals surface area contributed by atoms with Crippen LogP contribution in [0, 0.1) is 17.9 Å². The largest absolute Gasteiger partial charge is 0.748 e. The number of hydrogen-bond donors (Lipinski definition) is 0. The molecule has 0 fully saturated rings. The first-order chi connectivity index (χ1) is 9.06. The van der Waals surface area contributed by atoms with Crippen LogP contribution in [0.25, 0.3) is 0 Å². The fraction of sp³-hybridized carbons (Fsp3) is 0.222. The number of rotatable bonds is 4. The van der Waals surface area contributed by atoms with Crippen LogP contribution in [-0.2, 0) is 14.9 Å². The number of carbonyl (C=O) groups excluding carboxylic acids is 1. The molecule has 0 radical (unpaired) electrons. The van der Waals surface area contributed by atoms with Gasteiger partial charge in [0.2, 0.25) is 0 Å². The Morgan fingerprint density at radius 3 is 1.75 bits per heavy atom. The molecule has 0 spiro atoms. The Hall–Kier alpha value is 2.25. The summed E-state index contributed by atoms with van der Waals surface area (Å²) in [6, 6.07) is 0. The fourth-order valence-electron chi connectivity index (χ4n) is 1.09. The molecule has 1 aromatic rings. The van der Waals surface area contributed by atoms with Crippen molar-refractivity contribution in [3.63, 3.8) is 0 Å². The number of esters is 1. The highest BCUT2D eigenvalue weighted by molar-refractivity contribution is 14.1. The lowest BCUT2D eigenvalue weighted by molar-refractivity contribution is 0.0525. The number of benzene rings is 1. The Morgan fingerprint density at radius 2 is 1.35 bits per heavy atom. The first-order valence-corrected chi connectivity index (χ1v) is 11.7. The number of halogens is 5. The lowest BCUT2D eigenvalue weighted by Crippen LogP contribution is -2.18. The zero-order valence-electron chi connectivity index (χ0n) is 9.25. The predicted molar refractivity (Wildman–Crippen MR) is 115 cm³/mol. The second-order valence-electron chi connectivity index (χ2n) is 3.34. The van der Waals surface area contributed by atoms with Crippen molar-refractivity contribution in [3.05, 3.63) is 23.4 Å². The molecule has 0 aliphatic heterocycles. The summed E-state index contributed by atoms with van der Waals surface area (Å²) in [5.41, 5.74) is 0.406. The van der Waals surface area contributed by atoms with Gasteiger partial charge in [0.1, 0.15) is 6.61 Å². The topological polar surface area (TPSA) is 83.5 Å². The molecule has 0 unspecified atom stereocenters. The van der Waals surface area contributed by atoms with Crippen LogP contribution in [0.5, 0.6) is 0 Å². The highest BCUT2D eigenvalue weighted by Gasteiger charge is 2.23. The minimum atomic E-state index is -4.38. The van der Waals surface area contributed by atoms with E-state index in [0.717, 1.165) is 17.9 Å². The van der Waals surface area contributed by atoms with E-state index in [0.29, 0.717) is 5.56 Å². The third-order valence-electron chi connectivity index (χ3n) is 1.98. The summed E-state index contributed by atoms with van der Waals surface area (Å²) in [6.45, 7) is -0.435. The van der Waals surface area contributed by atoms with Crippen LogP contribution in [0.15, 0.2) is 0 Å². The minimum absolute atomic E-state index is 0.406. The van der Waals surface area contributed by atoms with E-state index < -0.39 is 28.4 Å². The van der Waals surface area contributed by atoms with Crippen molar-refractivity contribution < 1.29 is 22.5 Å². The highest BCUT2D eigenvalue weighted by atomic mass is 127. The van der Waals surface area contributed by atoms with Gasteiger partial charge in [0, 0.05) is 17.9 Å². The van der Waals surface area contributed by atoms with Gasteiger partial charge < -0.3 is 9.29 Å². The van der Waals surface area contributed by atoms with Crippen LogP contribution in [-0.4, -0.2) is 31.3 Å². The molecule has 0 aliphatic carbocycles. The quantitative estimate of drug-likeness (QED) is 0.153. The van der Waals surface area contributed by atoms with Gasteiger partial charge in [0.05, 0.1) is 21.4 Å². The maximum atomic E-state index is 12.1. The first kappa shape index (κ1) is 20.3. The molecule has 0 heterocycles. The molecule has 112 valence electrons. The Morgan fingerprint density at radius 1 is 0.950 bits per heavy atom. The van der Waals surface area contributed by atoms with Crippen LogP contribution in [0.3, 0.4) is 0 Å². The van der Waals surface area contributed by atoms with Crippen molar-refractivity contribution in [2.24, 2.45) is 0 Å². The molecule has 20 heavy (non-hydrogen) atoms. The summed E-state index contributed by atoms with van der Waals surface area (Å²) < 4.78 is 40.8. The Balaban J connectivity index is 3.06. The van der Waals surface area contributed by atoms with Crippen LogP contribution in [0.1, 0.15) is 10.4 Å². The van der Waals surface area contributed by atoms with E-state index in [9.17, 15) is 17.8 Å². The van der Waals surface area contributed by atoms with Crippen molar-refractivity contribution in [1.82, 2.24) is 0 Å². The van der Waals surface area contributed by atoms with Crippen LogP contribution in [0.2, 0.25) is 0 Å². The normalized spacial score (nSPS) is 11.5. The van der Waals surface area contributed by atoms with E-state index in [-0.39, 0.29) is 0 Å². The van der Waals surface area contributed by atoms with Gasteiger partial charge in [-0.25, -0.2) is 13.2 Å². The van der Waals surface area contributed by atoms with Gasteiger partial charge in [-0.15, -0.1) is 0 Å². The molecule has 1 aromatic carbocycles. The Labute approximate surface area is 184 Å². The van der Waals surface area contributed by atoms with Crippen molar-refractivity contribution in [2.45, 2.75) is 0 Å². The second-order valence-corrected chi connectivity index (χ2v) is 10.3. The van der Waals surface area contributed by atoms with E-state index in [2.05, 4.69) is 113 Å². The molecule has 5 nitrogen and oxygen atoms in total. The molecule has 0 atom stereocenters.